The van der Waals surface area contributed by atoms with Crippen LogP contribution in [0, 0.1) is 5.92 Å². The van der Waals surface area contributed by atoms with Crippen molar-refractivity contribution in [2.45, 2.75) is 89.1 Å². The van der Waals surface area contributed by atoms with E-state index in [1.807, 2.05) is 0 Å². The minimum Gasteiger partial charge on any atom is -0.342 e. The third-order valence-corrected chi connectivity index (χ3v) is 8.60. The molecule has 2 aromatic heterocycles. The van der Waals surface area contributed by atoms with Crippen molar-refractivity contribution in [2.75, 3.05) is 19.6 Å². The molecule has 0 atom stereocenters. The van der Waals surface area contributed by atoms with Crippen LogP contribution >= 0.6 is 0 Å². The lowest BCUT2D eigenvalue weighted by Crippen LogP contribution is -2.43. The summed E-state index contributed by atoms with van der Waals surface area (Å²) in [4.78, 5) is 35.4. The Morgan fingerprint density at radius 3 is 2.47 bits per heavy atom. The fraction of sp³-hybridized carbons (Fsp3) is 0.720. The largest absolute Gasteiger partial charge is 0.342 e. The Bertz CT molecular complexity index is 1050. The predicted octanol–water partition coefficient (Wildman–Crippen LogP) is 3.22. The highest BCUT2D eigenvalue weighted by Gasteiger charge is 2.33. The van der Waals surface area contributed by atoms with Crippen LogP contribution in [0.1, 0.15) is 87.1 Å². The summed E-state index contributed by atoms with van der Waals surface area (Å²) in [5.41, 5.74) is 3.80. The fourth-order valence-electron chi connectivity index (χ4n) is 6.31. The molecule has 32 heavy (non-hydrogen) atoms. The molecule has 7 heteroatoms. The number of amides is 1. The third kappa shape index (κ3) is 3.58. The Morgan fingerprint density at radius 2 is 1.75 bits per heavy atom. The molecule has 3 fully saturated rings. The summed E-state index contributed by atoms with van der Waals surface area (Å²) in [5.74, 6) is 0.999. The van der Waals surface area contributed by atoms with Crippen LogP contribution in [-0.4, -0.2) is 56.0 Å². The van der Waals surface area contributed by atoms with Gasteiger partial charge in [-0.3, -0.25) is 19.6 Å². The van der Waals surface area contributed by atoms with E-state index < -0.39 is 0 Å². The van der Waals surface area contributed by atoms with Crippen LogP contribution in [0.25, 0.3) is 5.65 Å². The average Bonchev–Trinajstić information content (AvgIpc) is 3.23. The second kappa shape index (κ2) is 8.32. The number of rotatable bonds is 3. The van der Waals surface area contributed by atoms with Gasteiger partial charge in [-0.05, 0) is 38.5 Å². The second-order valence-electron chi connectivity index (χ2n) is 10.5. The van der Waals surface area contributed by atoms with Crippen LogP contribution in [0.3, 0.4) is 0 Å². The maximum atomic E-state index is 13.4. The van der Waals surface area contributed by atoms with E-state index in [0.717, 1.165) is 80.9 Å². The Kier molecular flexibility index (Phi) is 5.32. The van der Waals surface area contributed by atoms with E-state index in [-0.39, 0.29) is 11.5 Å². The van der Waals surface area contributed by atoms with E-state index in [9.17, 15) is 9.59 Å². The number of aromatic amines is 1. The molecular weight excluding hydrogens is 402 g/mol. The van der Waals surface area contributed by atoms with E-state index in [0.29, 0.717) is 17.9 Å². The molecule has 7 nitrogen and oxygen atoms in total. The normalized spacial score (nSPS) is 23.9. The highest BCUT2D eigenvalue weighted by atomic mass is 16.2. The van der Waals surface area contributed by atoms with Crippen LogP contribution in [0.4, 0.5) is 0 Å². The van der Waals surface area contributed by atoms with E-state index in [1.165, 1.54) is 38.5 Å². The molecule has 1 N–H and O–H groups in total. The summed E-state index contributed by atoms with van der Waals surface area (Å²) in [5, 5.41) is 3.39. The quantitative estimate of drug-likeness (QED) is 0.800. The standard InChI is InChI=1S/C25H35N5O2/c31-24(18-5-4-6-18)28-12-9-17(10-13-28)22-15-23-26-21-11-14-29(19-7-2-1-3-8-19)16-20(21)25(32)30(23)27-22/h15,17-19,27H,1-14,16H2. The lowest BCUT2D eigenvalue weighted by atomic mass is 9.83. The molecule has 0 spiro atoms. The van der Waals surface area contributed by atoms with Crippen LogP contribution < -0.4 is 5.56 Å². The van der Waals surface area contributed by atoms with Gasteiger partial charge in [-0.1, -0.05) is 25.7 Å². The van der Waals surface area contributed by atoms with E-state index in [4.69, 9.17) is 4.98 Å². The molecule has 2 saturated carbocycles. The minimum atomic E-state index is 0.0781. The van der Waals surface area contributed by atoms with Gasteiger partial charge in [0, 0.05) is 62.2 Å². The van der Waals surface area contributed by atoms with Crippen molar-refractivity contribution < 1.29 is 4.79 Å². The molecular formula is C25H35N5O2. The second-order valence-corrected chi connectivity index (χ2v) is 10.5. The number of fused-ring (bicyclic) bond motifs is 2. The number of nitrogens with one attached hydrogen (secondary N) is 1. The number of carbonyl (C=O) groups is 1. The summed E-state index contributed by atoms with van der Waals surface area (Å²) >= 11 is 0. The Hall–Kier alpha value is -2.15. The van der Waals surface area contributed by atoms with Crippen molar-refractivity contribution in [3.63, 3.8) is 0 Å². The van der Waals surface area contributed by atoms with Gasteiger partial charge in [-0.25, -0.2) is 9.50 Å². The number of likely N-dealkylation sites (tertiary alicyclic amines) is 1. The highest BCUT2D eigenvalue weighted by Crippen LogP contribution is 2.33. The first-order valence-electron chi connectivity index (χ1n) is 12.8. The molecule has 4 heterocycles. The molecule has 2 aliphatic carbocycles. The van der Waals surface area contributed by atoms with Crippen molar-refractivity contribution in [1.82, 2.24) is 24.4 Å². The summed E-state index contributed by atoms with van der Waals surface area (Å²) in [6.07, 6.45) is 12.6. The number of hydrogen-bond acceptors (Lipinski definition) is 4. The van der Waals surface area contributed by atoms with Crippen LogP contribution in [-0.2, 0) is 17.8 Å². The molecule has 1 amide bonds. The first kappa shape index (κ1) is 20.5. The number of carbonyl (C=O) groups excluding carboxylic acids is 1. The summed E-state index contributed by atoms with van der Waals surface area (Å²) in [6.45, 7) is 3.41. The lowest BCUT2D eigenvalue weighted by molar-refractivity contribution is -0.139. The van der Waals surface area contributed by atoms with Gasteiger partial charge in [0.25, 0.3) is 5.56 Å². The molecule has 6 rings (SSSR count). The smallest absolute Gasteiger partial charge is 0.277 e. The molecule has 1 saturated heterocycles. The molecule has 172 valence electrons. The topological polar surface area (TPSA) is 73.7 Å². The van der Waals surface area contributed by atoms with Gasteiger partial charge in [0.05, 0.1) is 11.3 Å². The van der Waals surface area contributed by atoms with Gasteiger partial charge in [0.1, 0.15) is 0 Å². The average molecular weight is 438 g/mol. The highest BCUT2D eigenvalue weighted by molar-refractivity contribution is 5.79. The lowest BCUT2D eigenvalue weighted by Gasteiger charge is -2.36. The molecule has 0 bridgehead atoms. The number of H-pyrrole nitrogens is 1. The molecule has 0 aromatic carbocycles. The van der Waals surface area contributed by atoms with Crippen molar-refractivity contribution in [3.05, 3.63) is 33.4 Å². The zero-order chi connectivity index (χ0) is 21.7. The number of hydrogen-bond donors (Lipinski definition) is 1. The monoisotopic (exact) mass is 437 g/mol. The summed E-state index contributed by atoms with van der Waals surface area (Å²) < 4.78 is 1.67. The van der Waals surface area contributed by atoms with Gasteiger partial charge in [0.15, 0.2) is 5.65 Å². The van der Waals surface area contributed by atoms with Crippen molar-refractivity contribution >= 4 is 11.6 Å². The van der Waals surface area contributed by atoms with E-state index in [1.54, 1.807) is 4.52 Å². The third-order valence-electron chi connectivity index (χ3n) is 8.60. The first-order valence-corrected chi connectivity index (χ1v) is 12.8. The van der Waals surface area contributed by atoms with Crippen molar-refractivity contribution in [2.24, 2.45) is 5.92 Å². The Labute approximate surface area is 189 Å². The van der Waals surface area contributed by atoms with Gasteiger partial charge in [-0.2, -0.15) is 0 Å². The Balaban J connectivity index is 1.19. The van der Waals surface area contributed by atoms with Gasteiger partial charge in [-0.15, -0.1) is 0 Å². The predicted molar refractivity (Wildman–Crippen MR) is 123 cm³/mol. The maximum absolute atomic E-state index is 13.4. The molecule has 0 radical (unpaired) electrons. The van der Waals surface area contributed by atoms with Gasteiger partial charge >= 0.3 is 0 Å². The number of piperidine rings is 1. The van der Waals surface area contributed by atoms with Crippen LogP contribution in [0.2, 0.25) is 0 Å². The fourth-order valence-corrected chi connectivity index (χ4v) is 6.31. The SMILES string of the molecule is O=C(C1CCC1)N1CCC(c2cc3nc4c(c(=O)n3[nH]2)CN(C2CCCCC2)CC4)CC1. The van der Waals surface area contributed by atoms with E-state index >= 15 is 0 Å². The summed E-state index contributed by atoms with van der Waals surface area (Å²) in [6, 6.07) is 2.70. The molecule has 2 aromatic rings. The van der Waals surface area contributed by atoms with Crippen molar-refractivity contribution in [1.29, 1.82) is 0 Å². The van der Waals surface area contributed by atoms with Crippen molar-refractivity contribution in [3.8, 4) is 0 Å². The zero-order valence-electron chi connectivity index (χ0n) is 19.0. The van der Waals surface area contributed by atoms with Gasteiger partial charge in [0.2, 0.25) is 5.91 Å². The zero-order valence-corrected chi connectivity index (χ0v) is 19.0. The summed E-state index contributed by atoms with van der Waals surface area (Å²) in [7, 11) is 0. The number of nitrogens with zero attached hydrogens (tertiary/aromatic N) is 4. The van der Waals surface area contributed by atoms with Crippen LogP contribution in [0.5, 0.6) is 0 Å². The number of aromatic nitrogens is 3. The Morgan fingerprint density at radius 1 is 0.969 bits per heavy atom. The minimum absolute atomic E-state index is 0.0781. The molecule has 4 aliphatic rings. The van der Waals surface area contributed by atoms with Gasteiger partial charge < -0.3 is 4.90 Å². The van der Waals surface area contributed by atoms with Crippen LogP contribution in [0.15, 0.2) is 10.9 Å². The van der Waals surface area contributed by atoms with E-state index in [2.05, 4.69) is 21.0 Å². The molecule has 0 unspecified atom stereocenters. The molecule has 2 aliphatic heterocycles. The maximum Gasteiger partial charge on any atom is 0.277 e. The first-order chi connectivity index (χ1) is 15.7.